The Kier molecular flexibility index (Phi) is 5.35. The third-order valence-corrected chi connectivity index (χ3v) is 5.34. The van der Waals surface area contributed by atoms with Crippen molar-refractivity contribution in [3.05, 3.63) is 0 Å². The molecule has 1 fully saturated rings. The standard InChI is InChI=1S/C15H29Br/c1-11(2)12-6-7-14(16)13(10-12)8-9-15(3,4)5/h11-14H,6-10H2,1-5H3. The van der Waals surface area contributed by atoms with E-state index in [1.165, 1.54) is 32.1 Å². The molecule has 0 radical (unpaired) electrons. The Morgan fingerprint density at radius 2 is 1.81 bits per heavy atom. The van der Waals surface area contributed by atoms with Crippen LogP contribution in [0.5, 0.6) is 0 Å². The predicted molar refractivity (Wildman–Crippen MR) is 77.1 cm³/mol. The molecule has 0 heterocycles. The molecule has 3 unspecified atom stereocenters. The van der Waals surface area contributed by atoms with Gasteiger partial charge in [0, 0.05) is 4.83 Å². The average Bonchev–Trinajstić information content (AvgIpc) is 2.14. The van der Waals surface area contributed by atoms with Gasteiger partial charge in [-0.3, -0.25) is 0 Å². The summed E-state index contributed by atoms with van der Waals surface area (Å²) in [5, 5.41) is 0. The van der Waals surface area contributed by atoms with Crippen molar-refractivity contribution in [2.45, 2.75) is 71.5 Å². The van der Waals surface area contributed by atoms with E-state index >= 15 is 0 Å². The van der Waals surface area contributed by atoms with Gasteiger partial charge in [-0.1, -0.05) is 50.5 Å². The van der Waals surface area contributed by atoms with Crippen LogP contribution in [0.25, 0.3) is 0 Å². The zero-order valence-corrected chi connectivity index (χ0v) is 13.3. The van der Waals surface area contributed by atoms with Gasteiger partial charge in [0.1, 0.15) is 0 Å². The molecule has 0 saturated heterocycles. The van der Waals surface area contributed by atoms with Crippen molar-refractivity contribution in [3.63, 3.8) is 0 Å². The van der Waals surface area contributed by atoms with Crippen molar-refractivity contribution in [1.29, 1.82) is 0 Å². The summed E-state index contributed by atoms with van der Waals surface area (Å²) in [6.45, 7) is 11.9. The Labute approximate surface area is 111 Å². The van der Waals surface area contributed by atoms with Gasteiger partial charge in [0.25, 0.3) is 0 Å². The van der Waals surface area contributed by atoms with Crippen LogP contribution < -0.4 is 0 Å². The van der Waals surface area contributed by atoms with Gasteiger partial charge in [-0.25, -0.2) is 0 Å². The molecular formula is C15H29Br. The van der Waals surface area contributed by atoms with Crippen LogP contribution in [0.2, 0.25) is 0 Å². The van der Waals surface area contributed by atoms with E-state index in [4.69, 9.17) is 0 Å². The maximum absolute atomic E-state index is 3.90. The molecule has 1 heteroatoms. The highest BCUT2D eigenvalue weighted by atomic mass is 79.9. The first-order valence-corrected chi connectivity index (χ1v) is 7.85. The molecule has 0 bridgehead atoms. The topological polar surface area (TPSA) is 0 Å². The normalized spacial score (nSPS) is 32.1. The molecular weight excluding hydrogens is 260 g/mol. The smallest absolute Gasteiger partial charge is 0.0174 e. The van der Waals surface area contributed by atoms with Crippen molar-refractivity contribution in [2.24, 2.45) is 23.2 Å². The highest BCUT2D eigenvalue weighted by Crippen LogP contribution is 2.40. The van der Waals surface area contributed by atoms with Gasteiger partial charge in [0.2, 0.25) is 0 Å². The number of halogens is 1. The summed E-state index contributed by atoms with van der Waals surface area (Å²) < 4.78 is 0. The van der Waals surface area contributed by atoms with E-state index in [1.54, 1.807) is 0 Å². The molecule has 0 amide bonds. The average molecular weight is 289 g/mol. The van der Waals surface area contributed by atoms with Crippen LogP contribution in [-0.4, -0.2) is 4.83 Å². The molecule has 1 aliphatic rings. The van der Waals surface area contributed by atoms with Crippen molar-refractivity contribution in [3.8, 4) is 0 Å². The lowest BCUT2D eigenvalue weighted by Gasteiger charge is -2.36. The van der Waals surface area contributed by atoms with Crippen LogP contribution in [-0.2, 0) is 0 Å². The van der Waals surface area contributed by atoms with E-state index < -0.39 is 0 Å². The quantitative estimate of drug-likeness (QED) is 0.589. The SMILES string of the molecule is CC(C)C1CCC(Br)C(CCC(C)(C)C)C1. The Morgan fingerprint density at radius 3 is 2.31 bits per heavy atom. The van der Waals surface area contributed by atoms with E-state index in [9.17, 15) is 0 Å². The number of hydrogen-bond donors (Lipinski definition) is 0. The fraction of sp³-hybridized carbons (Fsp3) is 1.00. The molecule has 16 heavy (non-hydrogen) atoms. The largest absolute Gasteiger partial charge is 0.0888 e. The van der Waals surface area contributed by atoms with Crippen molar-refractivity contribution >= 4 is 15.9 Å². The summed E-state index contributed by atoms with van der Waals surface area (Å²) >= 11 is 3.90. The molecule has 1 saturated carbocycles. The van der Waals surface area contributed by atoms with Crippen LogP contribution in [0.4, 0.5) is 0 Å². The number of hydrogen-bond acceptors (Lipinski definition) is 0. The van der Waals surface area contributed by atoms with Crippen LogP contribution in [0, 0.1) is 23.2 Å². The van der Waals surface area contributed by atoms with Gasteiger partial charge in [0.15, 0.2) is 0 Å². The maximum atomic E-state index is 3.90. The van der Waals surface area contributed by atoms with Crippen molar-refractivity contribution in [1.82, 2.24) is 0 Å². The van der Waals surface area contributed by atoms with Gasteiger partial charge in [-0.2, -0.15) is 0 Å². The Morgan fingerprint density at radius 1 is 1.19 bits per heavy atom. The highest BCUT2D eigenvalue weighted by molar-refractivity contribution is 9.09. The molecule has 0 aromatic carbocycles. The summed E-state index contributed by atoms with van der Waals surface area (Å²) in [6, 6.07) is 0. The Hall–Kier alpha value is 0.480. The minimum absolute atomic E-state index is 0.498. The summed E-state index contributed by atoms with van der Waals surface area (Å²) in [5.74, 6) is 2.76. The lowest BCUT2D eigenvalue weighted by Crippen LogP contribution is -2.28. The second-order valence-electron chi connectivity index (χ2n) is 7.19. The Bertz CT molecular complexity index is 202. The van der Waals surface area contributed by atoms with Gasteiger partial charge in [0.05, 0.1) is 0 Å². The first kappa shape index (κ1) is 14.5. The lowest BCUT2D eigenvalue weighted by atomic mass is 9.73. The summed E-state index contributed by atoms with van der Waals surface area (Å²) in [7, 11) is 0. The van der Waals surface area contributed by atoms with Crippen LogP contribution in [0.1, 0.15) is 66.7 Å². The van der Waals surface area contributed by atoms with Crippen LogP contribution in [0.3, 0.4) is 0 Å². The van der Waals surface area contributed by atoms with Crippen molar-refractivity contribution in [2.75, 3.05) is 0 Å². The molecule has 0 aromatic rings. The summed E-state index contributed by atoms with van der Waals surface area (Å²) in [4.78, 5) is 0.782. The van der Waals surface area contributed by atoms with E-state index in [-0.39, 0.29) is 0 Å². The molecule has 0 aromatic heterocycles. The minimum atomic E-state index is 0.498. The summed E-state index contributed by atoms with van der Waals surface area (Å²) in [5.41, 5.74) is 0.498. The van der Waals surface area contributed by atoms with Crippen molar-refractivity contribution < 1.29 is 0 Å². The second-order valence-corrected chi connectivity index (χ2v) is 8.37. The molecule has 0 aliphatic heterocycles. The molecule has 0 nitrogen and oxygen atoms in total. The monoisotopic (exact) mass is 288 g/mol. The zero-order valence-electron chi connectivity index (χ0n) is 11.7. The van der Waals surface area contributed by atoms with E-state index in [0.29, 0.717) is 5.41 Å². The predicted octanol–water partition coefficient (Wildman–Crippen LogP) is 5.65. The molecule has 0 N–H and O–H groups in total. The van der Waals surface area contributed by atoms with Gasteiger partial charge in [-0.15, -0.1) is 0 Å². The second kappa shape index (κ2) is 5.89. The fourth-order valence-corrected chi connectivity index (χ4v) is 3.53. The third-order valence-electron chi connectivity index (χ3n) is 4.14. The van der Waals surface area contributed by atoms with E-state index in [1.807, 2.05) is 0 Å². The lowest BCUT2D eigenvalue weighted by molar-refractivity contribution is 0.198. The van der Waals surface area contributed by atoms with Gasteiger partial charge >= 0.3 is 0 Å². The van der Waals surface area contributed by atoms with Crippen LogP contribution >= 0.6 is 15.9 Å². The molecule has 1 rings (SSSR count). The number of rotatable bonds is 3. The van der Waals surface area contributed by atoms with E-state index in [0.717, 1.165) is 22.6 Å². The summed E-state index contributed by atoms with van der Waals surface area (Å²) in [6.07, 6.45) is 7.04. The van der Waals surface area contributed by atoms with Crippen LogP contribution in [0.15, 0.2) is 0 Å². The highest BCUT2D eigenvalue weighted by Gasteiger charge is 2.30. The third kappa shape index (κ3) is 4.77. The zero-order chi connectivity index (χ0) is 12.3. The molecule has 1 aliphatic carbocycles. The Balaban J connectivity index is 2.44. The first-order valence-electron chi connectivity index (χ1n) is 6.93. The number of alkyl halides is 1. The van der Waals surface area contributed by atoms with E-state index in [2.05, 4.69) is 50.5 Å². The first-order chi connectivity index (χ1) is 7.29. The molecule has 3 atom stereocenters. The minimum Gasteiger partial charge on any atom is -0.0888 e. The fourth-order valence-electron chi connectivity index (χ4n) is 2.79. The van der Waals surface area contributed by atoms with Gasteiger partial charge < -0.3 is 0 Å². The molecule has 0 spiro atoms. The molecule has 96 valence electrons. The maximum Gasteiger partial charge on any atom is 0.0174 e. The van der Waals surface area contributed by atoms with Gasteiger partial charge in [-0.05, 0) is 55.3 Å².